The van der Waals surface area contributed by atoms with Crippen LogP contribution in [0.15, 0.2) is 30.9 Å². The molecule has 0 aliphatic heterocycles. The minimum absolute atomic E-state index is 0.440. The summed E-state index contributed by atoms with van der Waals surface area (Å²) in [6, 6.07) is 5.27. The van der Waals surface area contributed by atoms with Gasteiger partial charge in [-0.25, -0.2) is 0 Å². The van der Waals surface area contributed by atoms with Crippen LogP contribution in [0.3, 0.4) is 0 Å². The summed E-state index contributed by atoms with van der Waals surface area (Å²) in [6.45, 7) is 1.94. The second-order valence-corrected chi connectivity index (χ2v) is 3.23. The first-order valence-corrected chi connectivity index (χ1v) is 4.44. The molecule has 0 spiro atoms. The molecule has 76 valence electrons. The average molecular weight is 202 g/mol. The fourth-order valence-corrected chi connectivity index (χ4v) is 1.37. The van der Waals surface area contributed by atoms with Gasteiger partial charge in [-0.1, -0.05) is 6.07 Å². The van der Waals surface area contributed by atoms with Crippen LogP contribution >= 0.6 is 0 Å². The number of aryl methyl sites for hydroxylation is 1. The van der Waals surface area contributed by atoms with Crippen molar-refractivity contribution in [1.29, 1.82) is 0 Å². The minimum Gasteiger partial charge on any atom is -0.366 e. The number of hydrogen-bond donors (Lipinski definition) is 1. The van der Waals surface area contributed by atoms with Crippen molar-refractivity contribution in [3.8, 4) is 5.69 Å². The lowest BCUT2D eigenvalue weighted by atomic mass is 10.1. The molecule has 0 atom stereocenters. The molecule has 0 saturated carbocycles. The fraction of sp³-hybridized carbons (Fsp3) is 0.100. The molecule has 2 rings (SSSR count). The average Bonchev–Trinajstić information content (AvgIpc) is 2.71. The van der Waals surface area contributed by atoms with E-state index in [0.29, 0.717) is 5.56 Å². The maximum atomic E-state index is 11.0. The second kappa shape index (κ2) is 3.53. The second-order valence-electron chi connectivity index (χ2n) is 3.23. The first kappa shape index (κ1) is 9.39. The van der Waals surface area contributed by atoms with Gasteiger partial charge in [-0.15, -0.1) is 10.2 Å². The van der Waals surface area contributed by atoms with Crippen LogP contribution in [0.25, 0.3) is 5.69 Å². The van der Waals surface area contributed by atoms with Gasteiger partial charge < -0.3 is 5.73 Å². The normalized spacial score (nSPS) is 10.2. The Labute approximate surface area is 86.5 Å². The maximum absolute atomic E-state index is 11.0. The van der Waals surface area contributed by atoms with Crippen molar-refractivity contribution in [3.05, 3.63) is 42.0 Å². The van der Waals surface area contributed by atoms with E-state index in [2.05, 4.69) is 10.2 Å². The number of carbonyl (C=O) groups is 1. The number of hydrogen-bond acceptors (Lipinski definition) is 3. The number of amides is 1. The zero-order valence-electron chi connectivity index (χ0n) is 8.21. The van der Waals surface area contributed by atoms with Crippen LogP contribution < -0.4 is 5.73 Å². The molecule has 1 aromatic heterocycles. The molecule has 1 aromatic carbocycles. The third kappa shape index (κ3) is 1.71. The number of benzene rings is 1. The Morgan fingerprint density at radius 1 is 1.33 bits per heavy atom. The molecule has 5 heteroatoms. The van der Waals surface area contributed by atoms with E-state index in [4.69, 9.17) is 5.73 Å². The van der Waals surface area contributed by atoms with Crippen molar-refractivity contribution in [3.63, 3.8) is 0 Å². The quantitative estimate of drug-likeness (QED) is 0.778. The molecule has 5 nitrogen and oxygen atoms in total. The predicted molar refractivity (Wildman–Crippen MR) is 54.6 cm³/mol. The van der Waals surface area contributed by atoms with Crippen molar-refractivity contribution in [2.75, 3.05) is 0 Å². The van der Waals surface area contributed by atoms with Gasteiger partial charge in [-0.3, -0.25) is 9.36 Å². The van der Waals surface area contributed by atoms with Gasteiger partial charge >= 0.3 is 0 Å². The van der Waals surface area contributed by atoms with E-state index in [-0.39, 0.29) is 0 Å². The Morgan fingerprint density at radius 2 is 2.00 bits per heavy atom. The third-order valence-corrected chi connectivity index (χ3v) is 2.19. The zero-order chi connectivity index (χ0) is 10.8. The van der Waals surface area contributed by atoms with Crippen LogP contribution in [0.2, 0.25) is 0 Å². The predicted octanol–water partition coefficient (Wildman–Crippen LogP) is 0.675. The molecule has 0 bridgehead atoms. The van der Waals surface area contributed by atoms with Crippen molar-refractivity contribution in [2.24, 2.45) is 5.73 Å². The molecule has 2 N–H and O–H groups in total. The largest absolute Gasteiger partial charge is 0.366 e. The van der Waals surface area contributed by atoms with Crippen LogP contribution in [-0.2, 0) is 0 Å². The van der Waals surface area contributed by atoms with Crippen molar-refractivity contribution in [1.82, 2.24) is 14.8 Å². The molecule has 1 amide bonds. The Balaban J connectivity index is 2.55. The molecule has 0 unspecified atom stereocenters. The van der Waals surface area contributed by atoms with Crippen molar-refractivity contribution >= 4 is 5.91 Å². The van der Waals surface area contributed by atoms with Gasteiger partial charge in [0.25, 0.3) is 0 Å². The van der Waals surface area contributed by atoms with E-state index >= 15 is 0 Å². The summed E-state index contributed by atoms with van der Waals surface area (Å²) in [4.78, 5) is 11.0. The summed E-state index contributed by atoms with van der Waals surface area (Å²) >= 11 is 0. The van der Waals surface area contributed by atoms with Crippen molar-refractivity contribution in [2.45, 2.75) is 6.92 Å². The van der Waals surface area contributed by atoms with E-state index in [1.54, 1.807) is 29.4 Å². The number of nitrogens with zero attached hydrogens (tertiary/aromatic N) is 3. The summed E-state index contributed by atoms with van der Waals surface area (Å²) in [5.41, 5.74) is 7.57. The molecule has 0 radical (unpaired) electrons. The van der Waals surface area contributed by atoms with Gasteiger partial charge in [0.15, 0.2) is 0 Å². The van der Waals surface area contributed by atoms with Gasteiger partial charge in [0.05, 0.1) is 5.69 Å². The standard InChI is InChI=1S/C10H10N4O/c1-7-2-3-8(10(11)15)4-9(7)14-5-12-13-6-14/h2-6H,1H3,(H2,11,15). The summed E-state index contributed by atoms with van der Waals surface area (Å²) < 4.78 is 1.74. The first-order chi connectivity index (χ1) is 7.18. The number of nitrogens with two attached hydrogens (primary N) is 1. The van der Waals surface area contributed by atoms with E-state index in [1.807, 2.05) is 13.0 Å². The van der Waals surface area contributed by atoms with E-state index < -0.39 is 5.91 Å². The fourth-order valence-electron chi connectivity index (χ4n) is 1.37. The van der Waals surface area contributed by atoms with Gasteiger partial charge in [-0.2, -0.15) is 0 Å². The highest BCUT2D eigenvalue weighted by Gasteiger charge is 2.05. The Bertz CT molecular complexity index is 490. The lowest BCUT2D eigenvalue weighted by Crippen LogP contribution is -2.11. The molecule has 0 aliphatic carbocycles. The summed E-state index contributed by atoms with van der Waals surface area (Å²) in [7, 11) is 0. The third-order valence-electron chi connectivity index (χ3n) is 2.19. The smallest absolute Gasteiger partial charge is 0.248 e. The van der Waals surface area contributed by atoms with Crippen LogP contribution in [0.5, 0.6) is 0 Å². The number of aromatic nitrogens is 3. The van der Waals surface area contributed by atoms with Crippen LogP contribution in [0.1, 0.15) is 15.9 Å². The molecule has 0 fully saturated rings. The first-order valence-electron chi connectivity index (χ1n) is 4.44. The number of carbonyl (C=O) groups excluding carboxylic acids is 1. The Morgan fingerprint density at radius 3 is 2.60 bits per heavy atom. The topological polar surface area (TPSA) is 73.8 Å². The molecular formula is C10H10N4O. The molecular weight excluding hydrogens is 192 g/mol. The molecule has 0 saturated heterocycles. The van der Waals surface area contributed by atoms with Crippen LogP contribution in [0.4, 0.5) is 0 Å². The van der Waals surface area contributed by atoms with Gasteiger partial charge in [-0.05, 0) is 24.6 Å². The summed E-state index contributed by atoms with van der Waals surface area (Å²) in [5, 5.41) is 7.42. The minimum atomic E-state index is -0.440. The Hall–Kier alpha value is -2.17. The van der Waals surface area contributed by atoms with E-state index in [0.717, 1.165) is 11.3 Å². The monoisotopic (exact) mass is 202 g/mol. The van der Waals surface area contributed by atoms with E-state index in [9.17, 15) is 4.79 Å². The zero-order valence-corrected chi connectivity index (χ0v) is 8.21. The molecule has 2 aromatic rings. The Kier molecular flexibility index (Phi) is 2.21. The highest BCUT2D eigenvalue weighted by atomic mass is 16.1. The molecule has 15 heavy (non-hydrogen) atoms. The SMILES string of the molecule is Cc1ccc(C(N)=O)cc1-n1cnnc1. The summed E-state index contributed by atoms with van der Waals surface area (Å²) in [6.07, 6.45) is 3.15. The summed E-state index contributed by atoms with van der Waals surface area (Å²) in [5.74, 6) is -0.440. The molecule has 1 heterocycles. The van der Waals surface area contributed by atoms with Gasteiger partial charge in [0.2, 0.25) is 5.91 Å². The van der Waals surface area contributed by atoms with Crippen LogP contribution in [0, 0.1) is 6.92 Å². The lowest BCUT2D eigenvalue weighted by molar-refractivity contribution is 0.100. The highest BCUT2D eigenvalue weighted by Crippen LogP contribution is 2.14. The molecule has 0 aliphatic rings. The highest BCUT2D eigenvalue weighted by molar-refractivity contribution is 5.93. The lowest BCUT2D eigenvalue weighted by Gasteiger charge is -2.06. The number of rotatable bonds is 2. The van der Waals surface area contributed by atoms with Crippen LogP contribution in [-0.4, -0.2) is 20.7 Å². The maximum Gasteiger partial charge on any atom is 0.248 e. The van der Waals surface area contributed by atoms with Gasteiger partial charge in [0, 0.05) is 5.56 Å². The van der Waals surface area contributed by atoms with E-state index in [1.165, 1.54) is 0 Å². The van der Waals surface area contributed by atoms with Crippen molar-refractivity contribution < 1.29 is 4.79 Å². The number of primary amides is 1. The van der Waals surface area contributed by atoms with Gasteiger partial charge in [0.1, 0.15) is 12.7 Å².